The summed E-state index contributed by atoms with van der Waals surface area (Å²) in [6.07, 6.45) is 0. The van der Waals surface area contributed by atoms with Gasteiger partial charge in [0.05, 0.1) is 0 Å². The van der Waals surface area contributed by atoms with E-state index in [1.54, 1.807) is 0 Å². The molecule has 1 aromatic carbocycles. The fourth-order valence-electron chi connectivity index (χ4n) is 2.89. The third kappa shape index (κ3) is 4.23. The molecule has 1 fully saturated rings. The van der Waals surface area contributed by atoms with Crippen molar-refractivity contribution in [3.05, 3.63) is 35.9 Å². The molecule has 0 radical (unpaired) electrons. The van der Waals surface area contributed by atoms with E-state index in [0.29, 0.717) is 6.04 Å². The monoisotopic (exact) mass is 278 g/mol. The standard InChI is InChI=1S/C16H26N2S/c1-4-17-10-16(15-8-6-5-7-9-15)18-11-13(2)19-14(3)12-18/h5-9,13-14,16-17H,4,10-12H2,1-3H3. The molecule has 106 valence electrons. The molecule has 0 bridgehead atoms. The van der Waals surface area contributed by atoms with Gasteiger partial charge in [-0.25, -0.2) is 0 Å². The van der Waals surface area contributed by atoms with Gasteiger partial charge in [0.25, 0.3) is 0 Å². The molecule has 3 atom stereocenters. The van der Waals surface area contributed by atoms with E-state index in [1.807, 2.05) is 0 Å². The van der Waals surface area contributed by atoms with Crippen molar-refractivity contribution in [2.45, 2.75) is 37.3 Å². The van der Waals surface area contributed by atoms with Crippen LogP contribution in [0, 0.1) is 0 Å². The molecule has 3 heteroatoms. The van der Waals surface area contributed by atoms with Crippen molar-refractivity contribution >= 4 is 11.8 Å². The third-order valence-electron chi connectivity index (χ3n) is 3.66. The topological polar surface area (TPSA) is 15.3 Å². The number of rotatable bonds is 5. The summed E-state index contributed by atoms with van der Waals surface area (Å²) in [6, 6.07) is 11.4. The number of hydrogen-bond donors (Lipinski definition) is 1. The van der Waals surface area contributed by atoms with Crippen LogP contribution in [0.5, 0.6) is 0 Å². The van der Waals surface area contributed by atoms with Crippen molar-refractivity contribution in [3.63, 3.8) is 0 Å². The second-order valence-corrected chi connectivity index (χ2v) is 7.33. The summed E-state index contributed by atoms with van der Waals surface area (Å²) in [7, 11) is 0. The summed E-state index contributed by atoms with van der Waals surface area (Å²) in [5.41, 5.74) is 1.44. The van der Waals surface area contributed by atoms with Gasteiger partial charge in [0.1, 0.15) is 0 Å². The van der Waals surface area contributed by atoms with E-state index in [0.717, 1.165) is 23.6 Å². The first-order valence-electron chi connectivity index (χ1n) is 7.36. The van der Waals surface area contributed by atoms with Gasteiger partial charge in [0, 0.05) is 36.2 Å². The first-order valence-corrected chi connectivity index (χ1v) is 8.30. The number of thioether (sulfide) groups is 1. The summed E-state index contributed by atoms with van der Waals surface area (Å²) < 4.78 is 0. The summed E-state index contributed by atoms with van der Waals surface area (Å²) in [4.78, 5) is 2.66. The van der Waals surface area contributed by atoms with E-state index < -0.39 is 0 Å². The van der Waals surface area contributed by atoms with Gasteiger partial charge in [-0.3, -0.25) is 4.90 Å². The summed E-state index contributed by atoms with van der Waals surface area (Å²) in [5.74, 6) is 0. The first kappa shape index (κ1) is 14.9. The normalized spacial score (nSPS) is 26.3. The molecule has 0 saturated carbocycles. The molecule has 0 spiro atoms. The smallest absolute Gasteiger partial charge is 0.0473 e. The van der Waals surface area contributed by atoms with Crippen LogP contribution in [0.2, 0.25) is 0 Å². The van der Waals surface area contributed by atoms with Crippen molar-refractivity contribution in [2.24, 2.45) is 0 Å². The highest BCUT2D eigenvalue weighted by atomic mass is 32.2. The molecule has 1 aromatic rings. The van der Waals surface area contributed by atoms with E-state index in [9.17, 15) is 0 Å². The SMILES string of the molecule is CCNCC(c1ccccc1)N1CC(C)SC(C)C1. The number of hydrogen-bond acceptors (Lipinski definition) is 3. The molecule has 19 heavy (non-hydrogen) atoms. The fraction of sp³-hybridized carbons (Fsp3) is 0.625. The Morgan fingerprint density at radius 2 is 1.84 bits per heavy atom. The zero-order valence-electron chi connectivity index (χ0n) is 12.3. The molecule has 0 aliphatic carbocycles. The molecular weight excluding hydrogens is 252 g/mol. The van der Waals surface area contributed by atoms with Crippen LogP contribution in [-0.4, -0.2) is 41.6 Å². The number of nitrogens with zero attached hydrogens (tertiary/aromatic N) is 1. The summed E-state index contributed by atoms with van der Waals surface area (Å²) >= 11 is 2.12. The molecule has 2 rings (SSSR count). The maximum Gasteiger partial charge on any atom is 0.0473 e. The molecule has 3 unspecified atom stereocenters. The molecule has 1 N–H and O–H groups in total. The number of benzene rings is 1. The molecular formula is C16H26N2S. The summed E-state index contributed by atoms with van der Waals surface area (Å²) in [5, 5.41) is 4.99. The van der Waals surface area contributed by atoms with Crippen LogP contribution in [0.4, 0.5) is 0 Å². The van der Waals surface area contributed by atoms with Gasteiger partial charge in [-0.2, -0.15) is 11.8 Å². The Bertz CT molecular complexity index is 358. The van der Waals surface area contributed by atoms with Gasteiger partial charge in [0.15, 0.2) is 0 Å². The van der Waals surface area contributed by atoms with Crippen LogP contribution in [-0.2, 0) is 0 Å². The van der Waals surface area contributed by atoms with Crippen molar-refractivity contribution < 1.29 is 0 Å². The Morgan fingerprint density at radius 1 is 1.21 bits per heavy atom. The highest BCUT2D eigenvalue weighted by Gasteiger charge is 2.28. The van der Waals surface area contributed by atoms with Gasteiger partial charge in [-0.1, -0.05) is 51.1 Å². The molecule has 0 aromatic heterocycles. The second-order valence-electron chi connectivity index (χ2n) is 5.45. The Balaban J connectivity index is 2.12. The maximum atomic E-state index is 3.53. The predicted molar refractivity (Wildman–Crippen MR) is 85.8 cm³/mol. The molecule has 1 aliphatic rings. The van der Waals surface area contributed by atoms with Gasteiger partial charge < -0.3 is 5.32 Å². The van der Waals surface area contributed by atoms with Gasteiger partial charge in [0.2, 0.25) is 0 Å². The Kier molecular flexibility index (Phi) is 5.74. The fourth-order valence-corrected chi connectivity index (χ4v) is 4.23. The molecule has 1 saturated heterocycles. The van der Waals surface area contributed by atoms with E-state index >= 15 is 0 Å². The first-order chi connectivity index (χ1) is 9.20. The molecule has 0 amide bonds. The Labute approximate surface area is 122 Å². The van der Waals surface area contributed by atoms with Crippen LogP contribution < -0.4 is 5.32 Å². The van der Waals surface area contributed by atoms with Crippen molar-refractivity contribution in [1.29, 1.82) is 0 Å². The lowest BCUT2D eigenvalue weighted by Crippen LogP contribution is -2.45. The van der Waals surface area contributed by atoms with Gasteiger partial charge >= 0.3 is 0 Å². The van der Waals surface area contributed by atoms with Crippen LogP contribution in [0.15, 0.2) is 30.3 Å². The Hall–Kier alpha value is -0.510. The van der Waals surface area contributed by atoms with Gasteiger partial charge in [-0.05, 0) is 12.1 Å². The average Bonchev–Trinajstić information content (AvgIpc) is 2.39. The van der Waals surface area contributed by atoms with Crippen LogP contribution in [0.1, 0.15) is 32.4 Å². The van der Waals surface area contributed by atoms with Crippen LogP contribution in [0.25, 0.3) is 0 Å². The van der Waals surface area contributed by atoms with Crippen LogP contribution >= 0.6 is 11.8 Å². The van der Waals surface area contributed by atoms with Crippen LogP contribution in [0.3, 0.4) is 0 Å². The van der Waals surface area contributed by atoms with Crippen molar-refractivity contribution in [3.8, 4) is 0 Å². The molecule has 2 nitrogen and oxygen atoms in total. The Morgan fingerprint density at radius 3 is 2.42 bits per heavy atom. The minimum absolute atomic E-state index is 0.506. The molecule has 1 heterocycles. The highest BCUT2D eigenvalue weighted by molar-refractivity contribution is 8.00. The summed E-state index contributed by atoms with van der Waals surface area (Å²) in [6.45, 7) is 11.4. The largest absolute Gasteiger partial charge is 0.315 e. The minimum Gasteiger partial charge on any atom is -0.315 e. The van der Waals surface area contributed by atoms with E-state index in [-0.39, 0.29) is 0 Å². The van der Waals surface area contributed by atoms with E-state index in [4.69, 9.17) is 0 Å². The lowest BCUT2D eigenvalue weighted by atomic mass is 10.0. The number of nitrogens with one attached hydrogen (secondary N) is 1. The van der Waals surface area contributed by atoms with Crippen molar-refractivity contribution in [1.82, 2.24) is 10.2 Å². The molecule has 1 aliphatic heterocycles. The van der Waals surface area contributed by atoms with Crippen molar-refractivity contribution in [2.75, 3.05) is 26.2 Å². The van der Waals surface area contributed by atoms with E-state index in [2.05, 4.69) is 73.1 Å². The number of likely N-dealkylation sites (N-methyl/N-ethyl adjacent to an activating group) is 1. The quantitative estimate of drug-likeness (QED) is 0.890. The maximum absolute atomic E-state index is 3.53. The average molecular weight is 278 g/mol. The van der Waals surface area contributed by atoms with Gasteiger partial charge in [-0.15, -0.1) is 0 Å². The second kappa shape index (κ2) is 7.32. The zero-order chi connectivity index (χ0) is 13.7. The highest BCUT2D eigenvalue weighted by Crippen LogP contribution is 2.30. The minimum atomic E-state index is 0.506. The third-order valence-corrected chi connectivity index (χ3v) is 4.89. The lowest BCUT2D eigenvalue weighted by Gasteiger charge is -2.40. The lowest BCUT2D eigenvalue weighted by molar-refractivity contribution is 0.191. The van der Waals surface area contributed by atoms with E-state index in [1.165, 1.54) is 18.7 Å². The zero-order valence-corrected chi connectivity index (χ0v) is 13.1. The predicted octanol–water partition coefficient (Wildman–Crippen LogP) is 3.16.